The number of nitrogens with one attached hydrogen (secondary N) is 1. The molecular weight excluding hydrogens is 426 g/mol. The lowest BCUT2D eigenvalue weighted by atomic mass is 10.2. The molecule has 5 heteroatoms. The zero-order valence-electron chi connectivity index (χ0n) is 15.0. The van der Waals surface area contributed by atoms with E-state index in [9.17, 15) is 0 Å². The van der Waals surface area contributed by atoms with Crippen molar-refractivity contribution < 1.29 is 9.47 Å². The van der Waals surface area contributed by atoms with Crippen molar-refractivity contribution in [2.24, 2.45) is 0 Å². The van der Waals surface area contributed by atoms with Gasteiger partial charge in [0, 0.05) is 16.7 Å². The van der Waals surface area contributed by atoms with Crippen molar-refractivity contribution in [2.75, 3.05) is 11.9 Å². The first-order valence-corrected chi connectivity index (χ1v) is 9.94. The molecule has 0 aliphatic carbocycles. The van der Waals surface area contributed by atoms with Gasteiger partial charge < -0.3 is 14.8 Å². The van der Waals surface area contributed by atoms with E-state index in [1.807, 2.05) is 73.7 Å². The van der Waals surface area contributed by atoms with Crippen LogP contribution in [0.1, 0.15) is 18.1 Å². The summed E-state index contributed by atoms with van der Waals surface area (Å²) in [5, 5.41) is 3.92. The van der Waals surface area contributed by atoms with Gasteiger partial charge in [-0.1, -0.05) is 57.9 Å². The first-order chi connectivity index (χ1) is 13.2. The number of halogens is 2. The summed E-state index contributed by atoms with van der Waals surface area (Å²) in [7, 11) is 0. The van der Waals surface area contributed by atoms with Crippen LogP contribution in [-0.4, -0.2) is 6.61 Å². The summed E-state index contributed by atoms with van der Waals surface area (Å²) in [4.78, 5) is 0. The van der Waals surface area contributed by atoms with Crippen LogP contribution in [-0.2, 0) is 13.2 Å². The van der Waals surface area contributed by atoms with Gasteiger partial charge in [0.25, 0.3) is 0 Å². The maximum atomic E-state index is 6.50. The predicted molar refractivity (Wildman–Crippen MR) is 115 cm³/mol. The summed E-state index contributed by atoms with van der Waals surface area (Å²) < 4.78 is 12.8. The summed E-state index contributed by atoms with van der Waals surface area (Å²) >= 11 is 9.94. The van der Waals surface area contributed by atoms with Crippen LogP contribution in [0.5, 0.6) is 11.5 Å². The molecule has 0 spiro atoms. The molecule has 0 aliphatic heterocycles. The predicted octanol–water partition coefficient (Wildman–Crippen LogP) is 6.69. The first-order valence-electron chi connectivity index (χ1n) is 8.77. The second-order valence-corrected chi connectivity index (χ2v) is 7.30. The summed E-state index contributed by atoms with van der Waals surface area (Å²) in [6.07, 6.45) is 0. The summed E-state index contributed by atoms with van der Waals surface area (Å²) in [5.74, 6) is 1.23. The maximum Gasteiger partial charge on any atom is 0.180 e. The Labute approximate surface area is 173 Å². The molecule has 1 N–H and O–H groups in total. The minimum absolute atomic E-state index is 0.425. The summed E-state index contributed by atoms with van der Waals surface area (Å²) in [6.45, 7) is 3.56. The van der Waals surface area contributed by atoms with Crippen molar-refractivity contribution in [1.29, 1.82) is 0 Å². The van der Waals surface area contributed by atoms with Gasteiger partial charge in [-0.2, -0.15) is 0 Å². The van der Waals surface area contributed by atoms with Crippen molar-refractivity contribution >= 4 is 33.2 Å². The van der Waals surface area contributed by atoms with E-state index in [1.54, 1.807) is 0 Å². The normalized spacial score (nSPS) is 10.5. The molecular formula is C22H21BrClNO2. The molecule has 27 heavy (non-hydrogen) atoms. The van der Waals surface area contributed by atoms with Gasteiger partial charge in [0.1, 0.15) is 6.61 Å². The van der Waals surface area contributed by atoms with Crippen molar-refractivity contribution in [3.63, 3.8) is 0 Å². The molecule has 0 aliphatic rings. The second kappa shape index (κ2) is 9.67. The average Bonchev–Trinajstić information content (AvgIpc) is 2.68. The Morgan fingerprint density at radius 2 is 1.67 bits per heavy atom. The highest BCUT2D eigenvalue weighted by molar-refractivity contribution is 9.10. The van der Waals surface area contributed by atoms with E-state index in [-0.39, 0.29) is 0 Å². The van der Waals surface area contributed by atoms with Crippen LogP contribution in [0.2, 0.25) is 5.02 Å². The zero-order chi connectivity index (χ0) is 19.1. The number of anilines is 1. The smallest absolute Gasteiger partial charge is 0.180 e. The lowest BCUT2D eigenvalue weighted by Crippen LogP contribution is -2.04. The molecule has 0 fully saturated rings. The third kappa shape index (κ3) is 5.65. The fraction of sp³-hybridized carbons (Fsp3) is 0.182. The number of hydrogen-bond acceptors (Lipinski definition) is 3. The molecule has 3 aromatic carbocycles. The minimum Gasteiger partial charge on any atom is -0.490 e. The maximum absolute atomic E-state index is 6.50. The fourth-order valence-corrected chi connectivity index (χ4v) is 3.17. The van der Waals surface area contributed by atoms with Gasteiger partial charge in [0.15, 0.2) is 11.5 Å². The number of para-hydroxylation sites is 1. The molecule has 3 rings (SSSR count). The van der Waals surface area contributed by atoms with Crippen LogP contribution in [0.4, 0.5) is 5.69 Å². The largest absolute Gasteiger partial charge is 0.490 e. The Kier molecular flexibility index (Phi) is 7.02. The molecule has 0 heterocycles. The number of ether oxygens (including phenoxy) is 2. The monoisotopic (exact) mass is 445 g/mol. The molecule has 3 aromatic rings. The SMILES string of the molecule is CCOc1cc(CNc2ccccc2)cc(Cl)c1OCc1ccc(Br)cc1. The third-order valence-electron chi connectivity index (χ3n) is 3.94. The molecule has 0 bridgehead atoms. The van der Waals surface area contributed by atoms with Gasteiger partial charge in [-0.05, 0) is 54.4 Å². The third-order valence-corrected chi connectivity index (χ3v) is 4.75. The number of rotatable bonds is 8. The molecule has 0 radical (unpaired) electrons. The van der Waals surface area contributed by atoms with Gasteiger partial charge in [-0.25, -0.2) is 0 Å². The number of hydrogen-bond donors (Lipinski definition) is 1. The molecule has 140 valence electrons. The number of benzene rings is 3. The van der Waals surface area contributed by atoms with Gasteiger partial charge in [0.05, 0.1) is 11.6 Å². The molecule has 0 amide bonds. The zero-order valence-corrected chi connectivity index (χ0v) is 17.4. The highest BCUT2D eigenvalue weighted by Crippen LogP contribution is 2.37. The molecule has 3 nitrogen and oxygen atoms in total. The van der Waals surface area contributed by atoms with E-state index in [2.05, 4.69) is 21.2 Å². The van der Waals surface area contributed by atoms with Crippen molar-refractivity contribution in [3.05, 3.63) is 87.4 Å². The van der Waals surface area contributed by atoms with Crippen LogP contribution in [0, 0.1) is 0 Å². The molecule has 0 atom stereocenters. The first kappa shape index (κ1) is 19.6. The fourth-order valence-electron chi connectivity index (χ4n) is 2.62. The average molecular weight is 447 g/mol. The van der Waals surface area contributed by atoms with E-state index >= 15 is 0 Å². The highest BCUT2D eigenvalue weighted by Gasteiger charge is 2.13. The summed E-state index contributed by atoms with van der Waals surface area (Å²) in [5.41, 5.74) is 3.15. The van der Waals surface area contributed by atoms with Crippen molar-refractivity contribution in [2.45, 2.75) is 20.1 Å². The Balaban J connectivity index is 1.74. The van der Waals surface area contributed by atoms with Gasteiger partial charge >= 0.3 is 0 Å². The molecule has 0 aromatic heterocycles. The summed E-state index contributed by atoms with van der Waals surface area (Å²) in [6, 6.07) is 21.9. The van der Waals surface area contributed by atoms with E-state index < -0.39 is 0 Å². The molecule has 0 saturated heterocycles. The van der Waals surface area contributed by atoms with Crippen LogP contribution in [0.25, 0.3) is 0 Å². The van der Waals surface area contributed by atoms with Crippen molar-refractivity contribution in [1.82, 2.24) is 0 Å². The Bertz CT molecular complexity index is 869. The quantitative estimate of drug-likeness (QED) is 0.418. The van der Waals surface area contributed by atoms with Gasteiger partial charge in [-0.15, -0.1) is 0 Å². The van der Waals surface area contributed by atoms with Crippen LogP contribution in [0.15, 0.2) is 71.2 Å². The molecule has 0 saturated carbocycles. The van der Waals surface area contributed by atoms with E-state index in [0.29, 0.717) is 36.3 Å². The second-order valence-electron chi connectivity index (χ2n) is 5.97. The lowest BCUT2D eigenvalue weighted by molar-refractivity contribution is 0.269. The Morgan fingerprint density at radius 1 is 0.926 bits per heavy atom. The van der Waals surface area contributed by atoms with Gasteiger partial charge in [-0.3, -0.25) is 0 Å². The van der Waals surface area contributed by atoms with Crippen LogP contribution < -0.4 is 14.8 Å². The van der Waals surface area contributed by atoms with E-state index in [0.717, 1.165) is 21.3 Å². The topological polar surface area (TPSA) is 30.5 Å². The molecule has 0 unspecified atom stereocenters. The van der Waals surface area contributed by atoms with Crippen LogP contribution in [0.3, 0.4) is 0 Å². The lowest BCUT2D eigenvalue weighted by Gasteiger charge is -2.16. The van der Waals surface area contributed by atoms with E-state index in [1.165, 1.54) is 0 Å². The standard InChI is InChI=1S/C22H21BrClNO2/c1-2-26-21-13-17(14-25-19-6-4-3-5-7-19)12-20(24)22(21)27-15-16-8-10-18(23)11-9-16/h3-13,25H,2,14-15H2,1H3. The van der Waals surface area contributed by atoms with Gasteiger partial charge in [0.2, 0.25) is 0 Å². The minimum atomic E-state index is 0.425. The van der Waals surface area contributed by atoms with Crippen molar-refractivity contribution in [3.8, 4) is 11.5 Å². The van der Waals surface area contributed by atoms with Crippen LogP contribution >= 0.6 is 27.5 Å². The Morgan fingerprint density at radius 3 is 2.37 bits per heavy atom. The van der Waals surface area contributed by atoms with E-state index in [4.69, 9.17) is 21.1 Å². The highest BCUT2D eigenvalue weighted by atomic mass is 79.9. The Hall–Kier alpha value is -2.17.